The van der Waals surface area contributed by atoms with Crippen molar-refractivity contribution < 1.29 is 38.2 Å². The summed E-state index contributed by atoms with van der Waals surface area (Å²) in [5.74, 6) is -0.613. The van der Waals surface area contributed by atoms with Crippen molar-refractivity contribution in [3.63, 3.8) is 0 Å². The van der Waals surface area contributed by atoms with E-state index in [2.05, 4.69) is 26.1 Å². The third-order valence-corrected chi connectivity index (χ3v) is 11.8. The lowest BCUT2D eigenvalue weighted by Gasteiger charge is -2.64. The standard InChI is InChI=1S/C26H45NO8S/c1-14(4-7-21(30)27-10-11-36(33,34)35)16-5-6-17-22-18(13-20(29)26(16,17)3)25(2)9-8-15(28)12-19(25)23(31)24(22)32/h14-20,22-24,28-29,31-32H,4-13H2,1-3H3,(H,27,30)(H,33,34,35)/t14-,15-,16-,17+,18+,19+,20+,22+,23+,24+,25-,26-/m1/s1. The lowest BCUT2D eigenvalue weighted by Crippen LogP contribution is -2.66. The number of hydrogen-bond donors (Lipinski definition) is 6. The maximum Gasteiger partial charge on any atom is 0.266 e. The van der Waals surface area contributed by atoms with Gasteiger partial charge in [0.15, 0.2) is 0 Å². The van der Waals surface area contributed by atoms with Crippen molar-refractivity contribution >= 4 is 16.0 Å². The minimum atomic E-state index is -4.12. The molecule has 0 aliphatic heterocycles. The summed E-state index contributed by atoms with van der Waals surface area (Å²) in [6.07, 6.45) is 2.33. The van der Waals surface area contributed by atoms with E-state index < -0.39 is 45.7 Å². The predicted octanol–water partition coefficient (Wildman–Crippen LogP) is 1.34. The highest BCUT2D eigenvalue weighted by Crippen LogP contribution is 2.68. The minimum absolute atomic E-state index is 0.0663. The Kier molecular flexibility index (Phi) is 7.90. The Hall–Kier alpha value is -0.780. The second-order valence-electron chi connectivity index (χ2n) is 12.8. The molecule has 0 saturated heterocycles. The summed E-state index contributed by atoms with van der Waals surface area (Å²) >= 11 is 0. The van der Waals surface area contributed by atoms with E-state index >= 15 is 0 Å². The van der Waals surface area contributed by atoms with E-state index in [1.54, 1.807) is 0 Å². The van der Waals surface area contributed by atoms with Crippen LogP contribution in [0.3, 0.4) is 0 Å². The van der Waals surface area contributed by atoms with Crippen molar-refractivity contribution in [3.05, 3.63) is 0 Å². The van der Waals surface area contributed by atoms with E-state index in [9.17, 15) is 33.6 Å². The van der Waals surface area contributed by atoms with Crippen LogP contribution in [-0.2, 0) is 14.9 Å². The van der Waals surface area contributed by atoms with Crippen LogP contribution in [0.15, 0.2) is 0 Å². The summed E-state index contributed by atoms with van der Waals surface area (Å²) in [5.41, 5.74) is -0.658. The van der Waals surface area contributed by atoms with Gasteiger partial charge in [0.05, 0.1) is 30.2 Å². The molecule has 1 amide bonds. The van der Waals surface area contributed by atoms with Crippen LogP contribution in [0.25, 0.3) is 0 Å². The number of aliphatic hydroxyl groups is 4. The first kappa shape index (κ1) is 28.2. The van der Waals surface area contributed by atoms with Crippen molar-refractivity contribution in [3.8, 4) is 0 Å². The fourth-order valence-electron chi connectivity index (χ4n) is 9.14. The van der Waals surface area contributed by atoms with E-state index in [1.165, 1.54) is 0 Å². The van der Waals surface area contributed by atoms with Crippen molar-refractivity contribution in [2.75, 3.05) is 12.3 Å². The van der Waals surface area contributed by atoms with Crippen LogP contribution >= 0.6 is 0 Å². The number of aliphatic hydroxyl groups excluding tert-OH is 4. The lowest BCUT2D eigenvalue weighted by molar-refractivity contribution is -0.243. The molecule has 12 atom stereocenters. The molecule has 0 aromatic heterocycles. The molecule has 4 fully saturated rings. The monoisotopic (exact) mass is 531 g/mol. The van der Waals surface area contributed by atoms with Crippen LogP contribution in [0.1, 0.15) is 72.1 Å². The van der Waals surface area contributed by atoms with E-state index in [0.717, 1.165) is 19.3 Å². The van der Waals surface area contributed by atoms with Gasteiger partial charge in [0.2, 0.25) is 5.91 Å². The van der Waals surface area contributed by atoms with Crippen molar-refractivity contribution in [2.24, 2.45) is 46.3 Å². The van der Waals surface area contributed by atoms with Gasteiger partial charge in [-0.05, 0) is 91.3 Å². The van der Waals surface area contributed by atoms with E-state index in [0.29, 0.717) is 25.7 Å². The van der Waals surface area contributed by atoms with Crippen molar-refractivity contribution in [2.45, 2.75) is 96.6 Å². The number of rotatable bonds is 7. The second-order valence-corrected chi connectivity index (χ2v) is 14.3. The highest BCUT2D eigenvalue weighted by Gasteiger charge is 2.67. The Bertz CT molecular complexity index is 929. The molecule has 0 unspecified atom stereocenters. The summed E-state index contributed by atoms with van der Waals surface area (Å²) in [6.45, 7) is 6.26. The summed E-state index contributed by atoms with van der Waals surface area (Å²) in [7, 11) is -4.12. The molecule has 9 nitrogen and oxygen atoms in total. The molecular formula is C26H45NO8S. The fraction of sp³-hybridized carbons (Fsp3) is 0.962. The third-order valence-electron chi connectivity index (χ3n) is 11.1. The van der Waals surface area contributed by atoms with Crippen LogP contribution in [0.2, 0.25) is 0 Å². The van der Waals surface area contributed by atoms with Gasteiger partial charge < -0.3 is 25.7 Å². The normalized spacial score (nSPS) is 47.4. The summed E-state index contributed by atoms with van der Waals surface area (Å²) in [4.78, 5) is 12.2. The molecule has 0 radical (unpaired) electrons. The van der Waals surface area contributed by atoms with Gasteiger partial charge in [-0.25, -0.2) is 0 Å². The zero-order chi connectivity index (χ0) is 26.6. The van der Waals surface area contributed by atoms with Crippen molar-refractivity contribution in [1.29, 1.82) is 0 Å². The summed E-state index contributed by atoms with van der Waals surface area (Å²) < 4.78 is 30.5. The predicted molar refractivity (Wildman–Crippen MR) is 133 cm³/mol. The van der Waals surface area contributed by atoms with Crippen LogP contribution in [0.5, 0.6) is 0 Å². The summed E-state index contributed by atoms with van der Waals surface area (Å²) in [5, 5.41) is 47.0. The van der Waals surface area contributed by atoms with Crippen molar-refractivity contribution in [1.82, 2.24) is 5.32 Å². The van der Waals surface area contributed by atoms with Gasteiger partial charge in [-0.3, -0.25) is 9.35 Å². The molecule has 4 saturated carbocycles. The van der Waals surface area contributed by atoms with Crippen LogP contribution in [0, 0.1) is 46.3 Å². The topological polar surface area (TPSA) is 164 Å². The average Bonchev–Trinajstić information content (AvgIpc) is 3.15. The first-order valence-electron chi connectivity index (χ1n) is 13.6. The van der Waals surface area contributed by atoms with E-state index in [4.69, 9.17) is 4.55 Å². The molecule has 0 bridgehead atoms. The fourth-order valence-corrected chi connectivity index (χ4v) is 9.50. The largest absolute Gasteiger partial charge is 0.393 e. The molecule has 0 spiro atoms. The third kappa shape index (κ3) is 4.86. The molecule has 4 rings (SSSR count). The first-order valence-corrected chi connectivity index (χ1v) is 15.2. The van der Waals surface area contributed by atoms with Gasteiger partial charge in [-0.15, -0.1) is 0 Å². The SMILES string of the molecule is C[C@H](CCC(=O)NCCS(=O)(=O)O)[C@H]1CC[C@H]2[C@@H]3[C@H](O)[C@@H](O)[C@@H]4C[C@H](O)CC[C@]4(C)[C@H]3C[C@H](O)[C@]12C. The second kappa shape index (κ2) is 10.1. The number of fused-ring (bicyclic) bond motifs is 5. The Balaban J connectivity index is 1.46. The molecule has 0 aromatic rings. The van der Waals surface area contributed by atoms with Gasteiger partial charge in [0.25, 0.3) is 10.1 Å². The smallest absolute Gasteiger partial charge is 0.266 e. The Labute approximate surface area is 214 Å². The molecule has 10 heteroatoms. The molecule has 6 N–H and O–H groups in total. The molecule has 4 aliphatic rings. The number of hydrogen-bond acceptors (Lipinski definition) is 7. The number of carbonyl (C=O) groups excluding carboxylic acids is 1. The van der Waals surface area contributed by atoms with E-state index in [-0.39, 0.29) is 59.8 Å². The number of carbonyl (C=O) groups is 1. The van der Waals surface area contributed by atoms with Crippen LogP contribution in [0.4, 0.5) is 0 Å². The number of amides is 1. The molecule has 36 heavy (non-hydrogen) atoms. The van der Waals surface area contributed by atoms with Gasteiger partial charge in [0, 0.05) is 13.0 Å². The molecule has 0 heterocycles. The minimum Gasteiger partial charge on any atom is -0.393 e. The molecule has 0 aromatic carbocycles. The van der Waals surface area contributed by atoms with Gasteiger partial charge in [-0.2, -0.15) is 8.42 Å². The zero-order valence-corrected chi connectivity index (χ0v) is 22.5. The van der Waals surface area contributed by atoms with Crippen LogP contribution < -0.4 is 5.32 Å². The molecular weight excluding hydrogens is 486 g/mol. The Morgan fingerprint density at radius 1 is 1.00 bits per heavy atom. The maximum absolute atomic E-state index is 12.2. The first-order chi connectivity index (χ1) is 16.7. The summed E-state index contributed by atoms with van der Waals surface area (Å²) in [6, 6.07) is 0. The number of nitrogens with one attached hydrogen (secondary N) is 1. The Morgan fingerprint density at radius 3 is 2.36 bits per heavy atom. The van der Waals surface area contributed by atoms with Gasteiger partial charge in [-0.1, -0.05) is 20.8 Å². The maximum atomic E-state index is 12.2. The lowest BCUT2D eigenvalue weighted by atomic mass is 9.42. The quantitative estimate of drug-likeness (QED) is 0.268. The zero-order valence-electron chi connectivity index (χ0n) is 21.7. The van der Waals surface area contributed by atoms with Gasteiger partial charge in [0.1, 0.15) is 0 Å². The molecule has 4 aliphatic carbocycles. The molecule has 208 valence electrons. The van der Waals surface area contributed by atoms with E-state index in [1.807, 2.05) is 0 Å². The van der Waals surface area contributed by atoms with Gasteiger partial charge >= 0.3 is 0 Å². The highest BCUT2D eigenvalue weighted by atomic mass is 32.2. The Morgan fingerprint density at radius 2 is 1.69 bits per heavy atom. The highest BCUT2D eigenvalue weighted by molar-refractivity contribution is 7.85. The average molecular weight is 532 g/mol. The van der Waals surface area contributed by atoms with Crippen LogP contribution in [-0.4, -0.2) is 76.0 Å².